The Morgan fingerprint density at radius 2 is 1.95 bits per heavy atom. The van der Waals surface area contributed by atoms with Crippen molar-refractivity contribution in [2.75, 3.05) is 0 Å². The molecule has 106 valence electrons. The first kappa shape index (κ1) is 15.3. The largest absolute Gasteiger partial charge is 0.475 e. The van der Waals surface area contributed by atoms with E-state index in [-0.39, 0.29) is 18.2 Å². The fraction of sp³-hybridized carbons (Fsp3) is 0.571. The molecular formula is C14H21NO4. The van der Waals surface area contributed by atoms with E-state index in [1.165, 1.54) is 25.3 Å². The monoisotopic (exact) mass is 267 g/mol. The molecule has 1 rings (SSSR count). The Morgan fingerprint density at radius 1 is 1.21 bits per heavy atom. The summed E-state index contributed by atoms with van der Waals surface area (Å²) in [5.74, 6) is -0.779. The van der Waals surface area contributed by atoms with Crippen LogP contribution in [0.5, 0.6) is 0 Å². The van der Waals surface area contributed by atoms with Gasteiger partial charge in [-0.05, 0) is 18.6 Å². The smallest absolute Gasteiger partial charge is 0.371 e. The number of hydrogen-bond acceptors (Lipinski definition) is 3. The summed E-state index contributed by atoms with van der Waals surface area (Å²) in [6.45, 7) is 2.39. The fourth-order valence-electron chi connectivity index (χ4n) is 1.75. The molecule has 1 heterocycles. The number of aromatic carboxylic acids is 1. The summed E-state index contributed by atoms with van der Waals surface area (Å²) in [6, 6.07) is 2.94. The zero-order valence-corrected chi connectivity index (χ0v) is 11.3. The van der Waals surface area contributed by atoms with Gasteiger partial charge in [0, 0.05) is 6.42 Å². The highest BCUT2D eigenvalue weighted by Crippen LogP contribution is 2.08. The molecule has 5 nitrogen and oxygen atoms in total. The van der Waals surface area contributed by atoms with Crippen LogP contribution in [0.3, 0.4) is 0 Å². The van der Waals surface area contributed by atoms with Crippen LogP contribution in [0.25, 0.3) is 0 Å². The van der Waals surface area contributed by atoms with Gasteiger partial charge in [0.05, 0.1) is 6.54 Å². The fourth-order valence-corrected chi connectivity index (χ4v) is 1.75. The van der Waals surface area contributed by atoms with Crippen molar-refractivity contribution < 1.29 is 19.1 Å². The van der Waals surface area contributed by atoms with Crippen LogP contribution in [0.1, 0.15) is 61.8 Å². The summed E-state index contributed by atoms with van der Waals surface area (Å²) >= 11 is 0. The van der Waals surface area contributed by atoms with E-state index < -0.39 is 5.97 Å². The average Bonchev–Trinajstić information content (AvgIpc) is 2.85. The first-order chi connectivity index (χ1) is 9.13. The van der Waals surface area contributed by atoms with Gasteiger partial charge in [0.25, 0.3) is 0 Å². The summed E-state index contributed by atoms with van der Waals surface area (Å²) in [5, 5.41) is 11.4. The number of carbonyl (C=O) groups is 2. The zero-order valence-electron chi connectivity index (χ0n) is 11.3. The summed E-state index contributed by atoms with van der Waals surface area (Å²) in [5.41, 5.74) is 0. The molecule has 0 saturated heterocycles. The number of amides is 1. The summed E-state index contributed by atoms with van der Waals surface area (Å²) in [6.07, 6.45) is 6.05. The van der Waals surface area contributed by atoms with Gasteiger partial charge in [-0.2, -0.15) is 0 Å². The minimum Gasteiger partial charge on any atom is -0.475 e. The van der Waals surface area contributed by atoms with Gasteiger partial charge in [0.15, 0.2) is 0 Å². The number of nitrogens with one attached hydrogen (secondary N) is 1. The molecule has 0 unspecified atom stereocenters. The Balaban J connectivity index is 2.17. The molecule has 0 saturated carbocycles. The Kier molecular flexibility index (Phi) is 6.71. The molecule has 1 aromatic heterocycles. The van der Waals surface area contributed by atoms with Gasteiger partial charge in [-0.15, -0.1) is 0 Å². The van der Waals surface area contributed by atoms with E-state index in [4.69, 9.17) is 9.52 Å². The lowest BCUT2D eigenvalue weighted by Crippen LogP contribution is -2.22. The molecule has 0 spiro atoms. The molecule has 2 N–H and O–H groups in total. The second-order valence-corrected chi connectivity index (χ2v) is 4.51. The number of rotatable bonds is 9. The Labute approximate surface area is 113 Å². The minimum atomic E-state index is -1.10. The predicted octanol–water partition coefficient (Wildman–Crippen LogP) is 2.95. The van der Waals surface area contributed by atoms with Gasteiger partial charge in [0.1, 0.15) is 5.76 Å². The Hall–Kier alpha value is -1.78. The van der Waals surface area contributed by atoms with Gasteiger partial charge >= 0.3 is 5.97 Å². The highest BCUT2D eigenvalue weighted by atomic mass is 16.4. The van der Waals surface area contributed by atoms with Crippen molar-refractivity contribution in [2.45, 2.75) is 52.0 Å². The van der Waals surface area contributed by atoms with E-state index >= 15 is 0 Å². The topological polar surface area (TPSA) is 79.5 Å². The van der Waals surface area contributed by atoms with E-state index in [9.17, 15) is 9.59 Å². The van der Waals surface area contributed by atoms with Gasteiger partial charge in [-0.25, -0.2) is 4.79 Å². The first-order valence-electron chi connectivity index (χ1n) is 6.72. The van der Waals surface area contributed by atoms with E-state index in [1.54, 1.807) is 6.07 Å². The van der Waals surface area contributed by atoms with Crippen LogP contribution in [0.15, 0.2) is 16.5 Å². The number of carbonyl (C=O) groups excluding carboxylic acids is 1. The van der Waals surface area contributed by atoms with Crippen LogP contribution in [-0.2, 0) is 11.3 Å². The lowest BCUT2D eigenvalue weighted by molar-refractivity contribution is -0.121. The number of furan rings is 1. The number of carboxylic acid groups (broad SMARTS) is 1. The van der Waals surface area contributed by atoms with E-state index in [0.29, 0.717) is 12.2 Å². The van der Waals surface area contributed by atoms with Crippen molar-refractivity contribution in [3.8, 4) is 0 Å². The molecular weight excluding hydrogens is 246 g/mol. The number of carboxylic acids is 1. The molecule has 1 aromatic rings. The second kappa shape index (κ2) is 8.34. The van der Waals surface area contributed by atoms with Crippen LogP contribution >= 0.6 is 0 Å². The van der Waals surface area contributed by atoms with E-state index in [0.717, 1.165) is 12.8 Å². The quantitative estimate of drug-likeness (QED) is 0.674. The third-order valence-corrected chi connectivity index (χ3v) is 2.84. The summed E-state index contributed by atoms with van der Waals surface area (Å²) < 4.78 is 5.04. The van der Waals surface area contributed by atoms with Gasteiger partial charge < -0.3 is 14.8 Å². The minimum absolute atomic E-state index is 0.0234. The third kappa shape index (κ3) is 6.08. The van der Waals surface area contributed by atoms with Crippen molar-refractivity contribution in [2.24, 2.45) is 0 Å². The molecule has 0 atom stereocenters. The molecule has 0 radical (unpaired) electrons. The molecule has 0 bridgehead atoms. The maximum atomic E-state index is 11.5. The van der Waals surface area contributed by atoms with Crippen LogP contribution in [0.2, 0.25) is 0 Å². The van der Waals surface area contributed by atoms with Crippen molar-refractivity contribution >= 4 is 11.9 Å². The Morgan fingerprint density at radius 3 is 2.58 bits per heavy atom. The third-order valence-electron chi connectivity index (χ3n) is 2.84. The first-order valence-corrected chi connectivity index (χ1v) is 6.72. The summed E-state index contributed by atoms with van der Waals surface area (Å²) in [7, 11) is 0. The highest BCUT2D eigenvalue weighted by molar-refractivity contribution is 5.84. The van der Waals surface area contributed by atoms with Crippen LogP contribution in [0, 0.1) is 0 Å². The van der Waals surface area contributed by atoms with Crippen LogP contribution < -0.4 is 5.32 Å². The van der Waals surface area contributed by atoms with Crippen molar-refractivity contribution in [1.82, 2.24) is 5.32 Å². The SMILES string of the molecule is CCCCCCCC(=O)NCc1ccc(C(=O)O)o1. The van der Waals surface area contributed by atoms with Crippen molar-refractivity contribution in [3.05, 3.63) is 23.7 Å². The lowest BCUT2D eigenvalue weighted by atomic mass is 10.1. The van der Waals surface area contributed by atoms with Gasteiger partial charge in [0.2, 0.25) is 11.7 Å². The molecule has 0 aliphatic carbocycles. The molecule has 19 heavy (non-hydrogen) atoms. The van der Waals surface area contributed by atoms with Crippen LogP contribution in [-0.4, -0.2) is 17.0 Å². The average molecular weight is 267 g/mol. The maximum absolute atomic E-state index is 11.5. The van der Waals surface area contributed by atoms with E-state index in [1.807, 2.05) is 0 Å². The lowest BCUT2D eigenvalue weighted by Gasteiger charge is -2.03. The predicted molar refractivity (Wildman–Crippen MR) is 70.9 cm³/mol. The van der Waals surface area contributed by atoms with Gasteiger partial charge in [-0.3, -0.25) is 4.79 Å². The van der Waals surface area contributed by atoms with Gasteiger partial charge in [-0.1, -0.05) is 32.6 Å². The standard InChI is InChI=1S/C14H21NO4/c1-2-3-4-5-6-7-13(16)15-10-11-8-9-12(19-11)14(17)18/h8-9H,2-7,10H2,1H3,(H,15,16)(H,17,18). The Bertz CT molecular complexity index is 411. The number of hydrogen-bond donors (Lipinski definition) is 2. The molecule has 5 heteroatoms. The zero-order chi connectivity index (χ0) is 14.1. The molecule has 0 aromatic carbocycles. The maximum Gasteiger partial charge on any atom is 0.371 e. The van der Waals surface area contributed by atoms with Crippen molar-refractivity contribution in [1.29, 1.82) is 0 Å². The second-order valence-electron chi connectivity index (χ2n) is 4.51. The molecule has 0 aliphatic heterocycles. The number of unbranched alkanes of at least 4 members (excludes halogenated alkanes) is 4. The highest BCUT2D eigenvalue weighted by Gasteiger charge is 2.09. The molecule has 1 amide bonds. The van der Waals surface area contributed by atoms with Crippen molar-refractivity contribution in [3.63, 3.8) is 0 Å². The van der Waals surface area contributed by atoms with E-state index in [2.05, 4.69) is 12.2 Å². The molecule has 0 aliphatic rings. The van der Waals surface area contributed by atoms with Crippen LogP contribution in [0.4, 0.5) is 0 Å². The molecule has 0 fully saturated rings. The summed E-state index contributed by atoms with van der Waals surface area (Å²) in [4.78, 5) is 22.1. The normalized spacial score (nSPS) is 10.4.